The Morgan fingerprint density at radius 3 is 2.76 bits per heavy atom. The second-order valence-electron chi connectivity index (χ2n) is 4.57. The Kier molecular flexibility index (Phi) is 4.12. The summed E-state index contributed by atoms with van der Waals surface area (Å²) in [5.74, 6) is -0.479. The molecule has 0 radical (unpaired) electrons. The second-order valence-corrected chi connectivity index (χ2v) is 4.57. The van der Waals surface area contributed by atoms with Crippen LogP contribution in [0.3, 0.4) is 0 Å². The first kappa shape index (κ1) is 12.5. The zero-order valence-corrected chi connectivity index (χ0v) is 10.3. The Morgan fingerprint density at radius 1 is 1.35 bits per heavy atom. The first-order chi connectivity index (χ1) is 8.16. The van der Waals surface area contributed by atoms with Crippen LogP contribution in [0.5, 0.6) is 0 Å². The van der Waals surface area contributed by atoms with E-state index in [1.165, 1.54) is 5.56 Å². The van der Waals surface area contributed by atoms with Crippen LogP contribution in [-0.4, -0.2) is 25.1 Å². The summed E-state index contributed by atoms with van der Waals surface area (Å²) in [6.45, 7) is 5.59. The Morgan fingerprint density at radius 2 is 2.12 bits per heavy atom. The molecule has 1 saturated heterocycles. The Bertz CT molecular complexity index is 340. The van der Waals surface area contributed by atoms with Crippen molar-refractivity contribution in [3.8, 4) is 0 Å². The van der Waals surface area contributed by atoms with Crippen molar-refractivity contribution in [1.29, 1.82) is 0 Å². The molecule has 1 fully saturated rings. The molecular weight excluding hydrogens is 218 g/mol. The number of benzene rings is 1. The summed E-state index contributed by atoms with van der Waals surface area (Å²) in [5.41, 5.74) is 4.11. The molecule has 1 aliphatic rings. The molecule has 2 rings (SSSR count). The molecule has 17 heavy (non-hydrogen) atoms. The molecule has 0 spiro atoms. The average molecular weight is 237 g/mol. The maximum atomic E-state index is 5.61. The minimum Gasteiger partial charge on any atom is -0.348 e. The van der Waals surface area contributed by atoms with Gasteiger partial charge in [0.05, 0.1) is 13.2 Å². The van der Waals surface area contributed by atoms with Crippen molar-refractivity contribution >= 4 is 0 Å². The summed E-state index contributed by atoms with van der Waals surface area (Å²) >= 11 is 0. The third-order valence-electron chi connectivity index (χ3n) is 2.56. The molecule has 1 aromatic carbocycles. The van der Waals surface area contributed by atoms with Crippen LogP contribution in [0.4, 0.5) is 0 Å². The lowest BCUT2D eigenvalue weighted by Gasteiger charge is -2.17. The number of nitrogens with one attached hydrogen (secondary N) is 1. The van der Waals surface area contributed by atoms with Crippen LogP contribution in [0.25, 0.3) is 0 Å². The van der Waals surface area contributed by atoms with E-state index in [9.17, 15) is 0 Å². The predicted octanol–water partition coefficient (Wildman–Crippen LogP) is 1.86. The van der Waals surface area contributed by atoms with Crippen LogP contribution in [0.15, 0.2) is 30.3 Å². The number of hydrogen-bond donors (Lipinski definition) is 1. The van der Waals surface area contributed by atoms with E-state index in [4.69, 9.17) is 14.3 Å². The van der Waals surface area contributed by atoms with Gasteiger partial charge >= 0.3 is 0 Å². The quantitative estimate of drug-likeness (QED) is 0.627. The zero-order chi connectivity index (χ0) is 12.1. The Balaban J connectivity index is 1.61. The summed E-state index contributed by atoms with van der Waals surface area (Å²) in [4.78, 5) is 5.36. The highest BCUT2D eigenvalue weighted by Gasteiger charge is 2.32. The number of hydrogen-bond acceptors (Lipinski definition) is 4. The minimum absolute atomic E-state index is 0.00766. The summed E-state index contributed by atoms with van der Waals surface area (Å²) in [5, 5.41) is 0. The van der Waals surface area contributed by atoms with Crippen LogP contribution in [0, 0.1) is 0 Å². The van der Waals surface area contributed by atoms with Crippen molar-refractivity contribution < 1.29 is 14.3 Å². The molecule has 1 unspecified atom stereocenters. The molecule has 1 atom stereocenters. The van der Waals surface area contributed by atoms with Crippen molar-refractivity contribution in [2.45, 2.75) is 32.3 Å². The fourth-order valence-corrected chi connectivity index (χ4v) is 1.73. The topological polar surface area (TPSA) is 39.7 Å². The largest absolute Gasteiger partial charge is 0.348 e. The lowest BCUT2D eigenvalue weighted by Crippen LogP contribution is -2.27. The molecule has 1 heterocycles. The normalized spacial score (nSPS) is 22.8. The van der Waals surface area contributed by atoms with Gasteiger partial charge in [0, 0.05) is 6.54 Å². The first-order valence-electron chi connectivity index (χ1n) is 5.86. The summed E-state index contributed by atoms with van der Waals surface area (Å²) in [6.07, 6.45) is 0.00766. The molecule has 1 aliphatic heterocycles. The first-order valence-corrected chi connectivity index (χ1v) is 5.86. The van der Waals surface area contributed by atoms with E-state index in [1.54, 1.807) is 0 Å². The third-order valence-corrected chi connectivity index (χ3v) is 2.56. The molecule has 0 aromatic heterocycles. The molecule has 0 saturated carbocycles. The lowest BCUT2D eigenvalue weighted by atomic mass is 10.2. The number of hydroxylamine groups is 1. The van der Waals surface area contributed by atoms with E-state index in [0.29, 0.717) is 19.8 Å². The van der Waals surface area contributed by atoms with E-state index in [0.717, 1.165) is 0 Å². The predicted molar refractivity (Wildman–Crippen MR) is 64.1 cm³/mol. The summed E-state index contributed by atoms with van der Waals surface area (Å²) < 4.78 is 11.1. The van der Waals surface area contributed by atoms with Crippen LogP contribution in [0.1, 0.15) is 19.4 Å². The Hall–Kier alpha value is -0.940. The van der Waals surface area contributed by atoms with Gasteiger partial charge in [-0.05, 0) is 19.4 Å². The van der Waals surface area contributed by atoms with E-state index in [1.807, 2.05) is 32.0 Å². The molecule has 0 bridgehead atoms. The van der Waals surface area contributed by atoms with Crippen LogP contribution in [0.2, 0.25) is 0 Å². The lowest BCUT2D eigenvalue weighted by molar-refractivity contribution is -0.149. The van der Waals surface area contributed by atoms with Gasteiger partial charge in [-0.15, -0.1) is 0 Å². The van der Waals surface area contributed by atoms with Gasteiger partial charge in [-0.3, -0.25) is 4.84 Å². The average Bonchev–Trinajstić information content (AvgIpc) is 2.66. The zero-order valence-electron chi connectivity index (χ0n) is 10.3. The number of rotatable bonds is 5. The van der Waals surface area contributed by atoms with E-state index >= 15 is 0 Å². The molecule has 4 nitrogen and oxygen atoms in total. The Labute approximate surface area is 102 Å². The maximum absolute atomic E-state index is 5.61. The monoisotopic (exact) mass is 237 g/mol. The van der Waals surface area contributed by atoms with Crippen molar-refractivity contribution in [3.63, 3.8) is 0 Å². The third kappa shape index (κ3) is 4.09. The highest BCUT2D eigenvalue weighted by Crippen LogP contribution is 2.21. The van der Waals surface area contributed by atoms with Gasteiger partial charge in [-0.1, -0.05) is 30.3 Å². The highest BCUT2D eigenvalue weighted by molar-refractivity contribution is 5.13. The molecule has 1 aromatic rings. The van der Waals surface area contributed by atoms with Crippen LogP contribution >= 0.6 is 0 Å². The van der Waals surface area contributed by atoms with E-state index < -0.39 is 5.79 Å². The van der Waals surface area contributed by atoms with Crippen molar-refractivity contribution in [2.75, 3.05) is 13.2 Å². The van der Waals surface area contributed by atoms with Gasteiger partial charge in [-0.2, -0.15) is 5.48 Å². The van der Waals surface area contributed by atoms with Gasteiger partial charge in [0.15, 0.2) is 5.79 Å². The smallest absolute Gasteiger partial charge is 0.163 e. The number of ether oxygens (including phenoxy) is 2. The molecular formula is C13H19NO3. The summed E-state index contributed by atoms with van der Waals surface area (Å²) in [7, 11) is 0. The maximum Gasteiger partial charge on any atom is 0.163 e. The van der Waals surface area contributed by atoms with Crippen molar-refractivity contribution in [3.05, 3.63) is 35.9 Å². The minimum atomic E-state index is -0.479. The van der Waals surface area contributed by atoms with E-state index in [2.05, 4.69) is 17.6 Å². The van der Waals surface area contributed by atoms with Gasteiger partial charge < -0.3 is 9.47 Å². The van der Waals surface area contributed by atoms with Crippen LogP contribution in [-0.2, 0) is 20.9 Å². The SMILES string of the molecule is CC1(C)OCC(CONCc2ccccc2)O1. The van der Waals surface area contributed by atoms with Crippen LogP contribution < -0.4 is 5.48 Å². The standard InChI is InChI=1S/C13H19NO3/c1-13(2)15-9-12(17-13)10-16-14-8-11-6-4-3-5-7-11/h3-7,12,14H,8-10H2,1-2H3. The van der Waals surface area contributed by atoms with Gasteiger partial charge in [-0.25, -0.2) is 0 Å². The fraction of sp³-hybridized carbons (Fsp3) is 0.538. The molecule has 4 heteroatoms. The fourth-order valence-electron chi connectivity index (χ4n) is 1.73. The molecule has 1 N–H and O–H groups in total. The molecule has 94 valence electrons. The molecule has 0 aliphatic carbocycles. The van der Waals surface area contributed by atoms with E-state index in [-0.39, 0.29) is 6.10 Å². The van der Waals surface area contributed by atoms with Crippen molar-refractivity contribution in [2.24, 2.45) is 0 Å². The highest BCUT2D eigenvalue weighted by atomic mass is 16.8. The molecule has 0 amide bonds. The summed E-state index contributed by atoms with van der Waals surface area (Å²) in [6, 6.07) is 10.1. The second kappa shape index (κ2) is 5.60. The van der Waals surface area contributed by atoms with Gasteiger partial charge in [0.1, 0.15) is 6.10 Å². The van der Waals surface area contributed by atoms with Crippen molar-refractivity contribution in [1.82, 2.24) is 5.48 Å². The van der Waals surface area contributed by atoms with Gasteiger partial charge in [0.2, 0.25) is 0 Å². The van der Waals surface area contributed by atoms with Gasteiger partial charge in [0.25, 0.3) is 0 Å².